The molecule has 1 aromatic heterocycles. The highest BCUT2D eigenvalue weighted by Gasteiger charge is 2.26. The van der Waals surface area contributed by atoms with E-state index in [1.165, 1.54) is 0 Å². The quantitative estimate of drug-likeness (QED) is 0.911. The third-order valence-corrected chi connectivity index (χ3v) is 2.83. The van der Waals surface area contributed by atoms with Crippen molar-refractivity contribution in [2.45, 2.75) is 19.3 Å². The van der Waals surface area contributed by atoms with E-state index in [0.717, 1.165) is 5.56 Å². The van der Waals surface area contributed by atoms with Crippen LogP contribution in [0.25, 0.3) is 11.4 Å². The van der Waals surface area contributed by atoms with Gasteiger partial charge in [-0.1, -0.05) is 28.9 Å². The van der Waals surface area contributed by atoms with Gasteiger partial charge in [0.25, 0.3) is 0 Å². The largest absolute Gasteiger partial charge is 0.338 e. The maximum absolute atomic E-state index is 5.91. The van der Waals surface area contributed by atoms with Crippen LogP contribution in [0.15, 0.2) is 28.8 Å². The molecule has 0 amide bonds. The highest BCUT2D eigenvalue weighted by Crippen LogP contribution is 2.24. The molecule has 0 unspecified atom stereocenters. The van der Waals surface area contributed by atoms with Crippen molar-refractivity contribution in [2.24, 2.45) is 5.73 Å². The van der Waals surface area contributed by atoms with Gasteiger partial charge in [-0.2, -0.15) is 4.98 Å². The summed E-state index contributed by atoms with van der Waals surface area (Å²) < 4.78 is 5.23. The van der Waals surface area contributed by atoms with Gasteiger partial charge in [0.05, 0.1) is 5.41 Å². The fraction of sp³-hybridized carbons (Fsp3) is 0.333. The number of halogens is 1. The van der Waals surface area contributed by atoms with E-state index in [9.17, 15) is 0 Å². The zero-order valence-corrected chi connectivity index (χ0v) is 10.5. The van der Waals surface area contributed by atoms with Crippen LogP contribution in [0.3, 0.4) is 0 Å². The Hall–Kier alpha value is -1.39. The Kier molecular flexibility index (Phi) is 3.17. The Morgan fingerprint density at radius 1 is 1.41 bits per heavy atom. The standard InChI is InChI=1S/C12H14ClN3O/c1-12(2,7-14)11-15-10(16-17-11)8-4-3-5-9(13)6-8/h3-6H,7,14H2,1-2H3. The van der Waals surface area contributed by atoms with Crippen molar-refractivity contribution in [3.63, 3.8) is 0 Å². The molecule has 5 heteroatoms. The molecule has 0 aliphatic heterocycles. The average Bonchev–Trinajstić information content (AvgIpc) is 2.79. The van der Waals surface area contributed by atoms with Gasteiger partial charge in [-0.05, 0) is 26.0 Å². The second kappa shape index (κ2) is 4.47. The lowest BCUT2D eigenvalue weighted by Gasteiger charge is -2.15. The molecule has 90 valence electrons. The van der Waals surface area contributed by atoms with E-state index in [-0.39, 0.29) is 5.41 Å². The molecule has 0 bridgehead atoms. The molecule has 0 saturated heterocycles. The second-order valence-electron chi connectivity index (χ2n) is 4.52. The van der Waals surface area contributed by atoms with Crippen LogP contribution < -0.4 is 5.73 Å². The Balaban J connectivity index is 2.36. The van der Waals surface area contributed by atoms with E-state index in [1.807, 2.05) is 26.0 Å². The Morgan fingerprint density at radius 2 is 2.18 bits per heavy atom. The predicted octanol–water partition coefficient (Wildman–Crippen LogP) is 2.63. The Labute approximate surface area is 105 Å². The van der Waals surface area contributed by atoms with Crippen LogP contribution in [0.4, 0.5) is 0 Å². The number of hydrogen-bond acceptors (Lipinski definition) is 4. The van der Waals surface area contributed by atoms with Crippen molar-refractivity contribution in [3.05, 3.63) is 35.2 Å². The summed E-state index contributed by atoms with van der Waals surface area (Å²) in [5, 5.41) is 4.59. The van der Waals surface area contributed by atoms with E-state index in [2.05, 4.69) is 10.1 Å². The number of aromatic nitrogens is 2. The number of rotatable bonds is 3. The van der Waals surface area contributed by atoms with Crippen molar-refractivity contribution in [1.29, 1.82) is 0 Å². The molecule has 4 nitrogen and oxygen atoms in total. The Bertz CT molecular complexity index is 522. The number of nitrogens with zero attached hydrogens (tertiary/aromatic N) is 2. The minimum atomic E-state index is -0.316. The molecule has 2 aromatic rings. The summed E-state index contributed by atoms with van der Waals surface area (Å²) in [6.07, 6.45) is 0. The zero-order valence-electron chi connectivity index (χ0n) is 9.77. The van der Waals surface area contributed by atoms with Gasteiger partial charge >= 0.3 is 0 Å². The molecule has 0 radical (unpaired) electrons. The molecule has 0 fully saturated rings. The molecule has 2 rings (SSSR count). The molecule has 0 saturated carbocycles. The van der Waals surface area contributed by atoms with Crippen molar-refractivity contribution in [2.75, 3.05) is 6.54 Å². The van der Waals surface area contributed by atoms with Crippen molar-refractivity contribution < 1.29 is 4.52 Å². The van der Waals surface area contributed by atoms with Gasteiger partial charge < -0.3 is 10.3 Å². The first-order valence-electron chi connectivity index (χ1n) is 5.33. The summed E-state index contributed by atoms with van der Waals surface area (Å²) in [5.41, 5.74) is 6.18. The average molecular weight is 252 g/mol. The normalized spacial score (nSPS) is 11.8. The lowest BCUT2D eigenvalue weighted by Crippen LogP contribution is -2.28. The van der Waals surface area contributed by atoms with Gasteiger partial charge in [-0.25, -0.2) is 0 Å². The van der Waals surface area contributed by atoms with Crippen LogP contribution in [0.2, 0.25) is 5.02 Å². The van der Waals surface area contributed by atoms with E-state index in [0.29, 0.717) is 23.3 Å². The van der Waals surface area contributed by atoms with Gasteiger partial charge in [-0.3, -0.25) is 0 Å². The van der Waals surface area contributed by atoms with Crippen molar-refractivity contribution >= 4 is 11.6 Å². The van der Waals surface area contributed by atoms with Crippen LogP contribution in [0.5, 0.6) is 0 Å². The predicted molar refractivity (Wildman–Crippen MR) is 66.8 cm³/mol. The molecule has 0 atom stereocenters. The smallest absolute Gasteiger partial charge is 0.233 e. The van der Waals surface area contributed by atoms with E-state index >= 15 is 0 Å². The van der Waals surface area contributed by atoms with Crippen LogP contribution in [0, 0.1) is 0 Å². The van der Waals surface area contributed by atoms with Gasteiger partial charge in [0.15, 0.2) is 0 Å². The zero-order chi connectivity index (χ0) is 12.5. The minimum Gasteiger partial charge on any atom is -0.338 e. The van der Waals surface area contributed by atoms with E-state index in [1.54, 1.807) is 12.1 Å². The third kappa shape index (κ3) is 2.48. The molecule has 17 heavy (non-hydrogen) atoms. The molecular weight excluding hydrogens is 238 g/mol. The fourth-order valence-electron chi connectivity index (χ4n) is 1.33. The molecule has 2 N–H and O–H groups in total. The topological polar surface area (TPSA) is 64.9 Å². The summed E-state index contributed by atoms with van der Waals surface area (Å²) >= 11 is 5.91. The number of nitrogens with two attached hydrogens (primary N) is 1. The lowest BCUT2D eigenvalue weighted by atomic mass is 9.94. The molecule has 1 aromatic carbocycles. The third-order valence-electron chi connectivity index (χ3n) is 2.60. The minimum absolute atomic E-state index is 0.316. The summed E-state index contributed by atoms with van der Waals surface area (Å²) in [6, 6.07) is 7.33. The molecular formula is C12H14ClN3O. The summed E-state index contributed by atoms with van der Waals surface area (Å²) in [7, 11) is 0. The van der Waals surface area contributed by atoms with Crippen molar-refractivity contribution in [1.82, 2.24) is 10.1 Å². The molecule has 0 aliphatic carbocycles. The molecule has 0 spiro atoms. The SMILES string of the molecule is CC(C)(CN)c1nc(-c2cccc(Cl)c2)no1. The lowest BCUT2D eigenvalue weighted by molar-refractivity contribution is 0.311. The first-order chi connectivity index (χ1) is 8.03. The monoisotopic (exact) mass is 251 g/mol. The first-order valence-corrected chi connectivity index (χ1v) is 5.71. The van der Waals surface area contributed by atoms with Crippen LogP contribution in [-0.2, 0) is 5.41 Å². The number of benzene rings is 1. The first kappa shape index (κ1) is 12.1. The van der Waals surface area contributed by atoms with Crippen LogP contribution >= 0.6 is 11.6 Å². The van der Waals surface area contributed by atoms with E-state index < -0.39 is 0 Å². The van der Waals surface area contributed by atoms with Gasteiger partial charge in [0.2, 0.25) is 11.7 Å². The second-order valence-corrected chi connectivity index (χ2v) is 4.96. The molecule has 1 heterocycles. The maximum Gasteiger partial charge on any atom is 0.233 e. The van der Waals surface area contributed by atoms with Crippen LogP contribution in [-0.4, -0.2) is 16.7 Å². The van der Waals surface area contributed by atoms with Gasteiger partial charge in [0.1, 0.15) is 0 Å². The Morgan fingerprint density at radius 3 is 2.82 bits per heavy atom. The highest BCUT2D eigenvalue weighted by atomic mass is 35.5. The molecule has 0 aliphatic rings. The van der Waals surface area contributed by atoms with Gasteiger partial charge in [0, 0.05) is 17.1 Å². The van der Waals surface area contributed by atoms with Gasteiger partial charge in [-0.15, -0.1) is 0 Å². The fourth-order valence-corrected chi connectivity index (χ4v) is 1.52. The van der Waals surface area contributed by atoms with Crippen LogP contribution in [0.1, 0.15) is 19.7 Å². The number of hydrogen-bond donors (Lipinski definition) is 1. The van der Waals surface area contributed by atoms with Crippen molar-refractivity contribution in [3.8, 4) is 11.4 Å². The summed E-state index contributed by atoms with van der Waals surface area (Å²) in [6.45, 7) is 4.37. The highest BCUT2D eigenvalue weighted by molar-refractivity contribution is 6.30. The maximum atomic E-state index is 5.91. The summed E-state index contributed by atoms with van der Waals surface area (Å²) in [4.78, 5) is 4.35. The van der Waals surface area contributed by atoms with E-state index in [4.69, 9.17) is 21.9 Å². The summed E-state index contributed by atoms with van der Waals surface area (Å²) in [5.74, 6) is 1.07.